The summed E-state index contributed by atoms with van der Waals surface area (Å²) in [6.45, 7) is 0.134. The lowest BCUT2D eigenvalue weighted by Gasteiger charge is -2.21. The Labute approximate surface area is 143 Å². The quantitative estimate of drug-likeness (QED) is 0.843. The van der Waals surface area contributed by atoms with Crippen LogP contribution in [0.5, 0.6) is 0 Å². The predicted octanol–water partition coefficient (Wildman–Crippen LogP) is 1.25. The summed E-state index contributed by atoms with van der Waals surface area (Å²) in [6.07, 6.45) is 4.37. The maximum Gasteiger partial charge on any atom is 0.308 e. The predicted molar refractivity (Wildman–Crippen MR) is 89.6 cm³/mol. The topological polar surface area (TPSA) is 109 Å². The number of fused-ring (bicyclic) bond motifs is 1. The van der Waals surface area contributed by atoms with E-state index in [1.54, 1.807) is 30.6 Å². The SMILES string of the molecule is O=NC(=O)C1CCCN1C(=O)CNC(=O)c1ccc2ccncc2c1. The number of hydrogen-bond donors (Lipinski definition) is 1. The van der Waals surface area contributed by atoms with Gasteiger partial charge in [-0.1, -0.05) is 6.07 Å². The Morgan fingerprint density at radius 1 is 1.24 bits per heavy atom. The third-order valence-corrected chi connectivity index (χ3v) is 4.25. The summed E-state index contributed by atoms with van der Waals surface area (Å²) in [4.78, 5) is 51.6. The molecule has 0 aliphatic carbocycles. The van der Waals surface area contributed by atoms with Crippen molar-refractivity contribution in [2.24, 2.45) is 5.18 Å². The number of carbonyl (C=O) groups excluding carboxylic acids is 3. The minimum absolute atomic E-state index is 0.244. The van der Waals surface area contributed by atoms with Crippen LogP contribution in [0.4, 0.5) is 0 Å². The third kappa shape index (κ3) is 3.52. The molecule has 25 heavy (non-hydrogen) atoms. The van der Waals surface area contributed by atoms with Crippen LogP contribution in [0.25, 0.3) is 10.8 Å². The van der Waals surface area contributed by atoms with Gasteiger partial charge in [0.2, 0.25) is 5.91 Å². The van der Waals surface area contributed by atoms with E-state index in [2.05, 4.69) is 15.5 Å². The first-order chi connectivity index (χ1) is 12.1. The van der Waals surface area contributed by atoms with Crippen LogP contribution >= 0.6 is 0 Å². The molecule has 2 heterocycles. The monoisotopic (exact) mass is 340 g/mol. The van der Waals surface area contributed by atoms with Crippen LogP contribution < -0.4 is 5.32 Å². The van der Waals surface area contributed by atoms with Crippen LogP contribution in [0.2, 0.25) is 0 Å². The number of nitrogens with zero attached hydrogens (tertiary/aromatic N) is 3. The van der Waals surface area contributed by atoms with Crippen molar-refractivity contribution in [3.63, 3.8) is 0 Å². The van der Waals surface area contributed by atoms with E-state index >= 15 is 0 Å². The maximum absolute atomic E-state index is 12.2. The first-order valence-corrected chi connectivity index (χ1v) is 7.89. The van der Waals surface area contributed by atoms with Crippen molar-refractivity contribution >= 4 is 28.5 Å². The lowest BCUT2D eigenvalue weighted by atomic mass is 10.1. The first-order valence-electron chi connectivity index (χ1n) is 7.89. The molecule has 3 rings (SSSR count). The second-order valence-electron chi connectivity index (χ2n) is 5.79. The van der Waals surface area contributed by atoms with Gasteiger partial charge in [-0.25, -0.2) is 0 Å². The van der Waals surface area contributed by atoms with Gasteiger partial charge in [-0.05, 0) is 36.4 Å². The van der Waals surface area contributed by atoms with Gasteiger partial charge in [0, 0.05) is 35.1 Å². The summed E-state index contributed by atoms with van der Waals surface area (Å²) in [5, 5.41) is 6.73. The molecule has 0 bridgehead atoms. The fraction of sp³-hybridized carbons (Fsp3) is 0.294. The zero-order chi connectivity index (χ0) is 17.8. The molecule has 1 fully saturated rings. The van der Waals surface area contributed by atoms with Crippen molar-refractivity contribution in [1.82, 2.24) is 15.2 Å². The molecule has 128 valence electrons. The number of hydrogen-bond acceptors (Lipinski definition) is 5. The van der Waals surface area contributed by atoms with E-state index in [9.17, 15) is 19.3 Å². The van der Waals surface area contributed by atoms with E-state index in [0.29, 0.717) is 24.9 Å². The second kappa shape index (κ2) is 7.16. The molecule has 3 amide bonds. The van der Waals surface area contributed by atoms with Gasteiger partial charge in [0.25, 0.3) is 5.91 Å². The van der Waals surface area contributed by atoms with Crippen LogP contribution in [0.1, 0.15) is 23.2 Å². The number of amides is 3. The highest BCUT2D eigenvalue weighted by Crippen LogP contribution is 2.18. The van der Waals surface area contributed by atoms with Crippen LogP contribution in [0, 0.1) is 4.91 Å². The molecule has 1 aromatic carbocycles. The van der Waals surface area contributed by atoms with E-state index in [1.807, 2.05) is 6.07 Å². The van der Waals surface area contributed by atoms with Crippen molar-refractivity contribution in [3.8, 4) is 0 Å². The largest absolute Gasteiger partial charge is 0.343 e. The molecular formula is C17H16N4O4. The van der Waals surface area contributed by atoms with Crippen LogP contribution in [-0.2, 0) is 9.59 Å². The number of nitrogens with one attached hydrogen (secondary N) is 1. The standard InChI is InChI=1S/C17H16N4O4/c22-15(21-7-1-2-14(21)17(24)20-25)10-19-16(23)12-4-3-11-5-6-18-9-13(11)8-12/h3-6,8-9,14H,1-2,7,10H2,(H,19,23). The van der Waals surface area contributed by atoms with Crippen LogP contribution in [-0.4, -0.2) is 46.7 Å². The Morgan fingerprint density at radius 3 is 2.88 bits per heavy atom. The van der Waals surface area contributed by atoms with Crippen molar-refractivity contribution < 1.29 is 14.4 Å². The Balaban J connectivity index is 1.63. The Hall–Kier alpha value is -3.16. The smallest absolute Gasteiger partial charge is 0.308 e. The Kier molecular flexibility index (Phi) is 4.78. The zero-order valence-electron chi connectivity index (χ0n) is 13.3. The summed E-state index contributed by atoms with van der Waals surface area (Å²) in [6, 6.07) is 6.19. The van der Waals surface area contributed by atoms with Crippen molar-refractivity contribution in [3.05, 3.63) is 47.1 Å². The molecule has 2 aromatic rings. The fourth-order valence-corrected chi connectivity index (χ4v) is 2.97. The minimum atomic E-state index is -0.848. The molecule has 0 radical (unpaired) electrons. The normalized spacial score (nSPS) is 16.6. The average Bonchev–Trinajstić information content (AvgIpc) is 3.14. The van der Waals surface area contributed by atoms with Gasteiger partial charge in [-0.15, -0.1) is 4.91 Å². The number of aromatic nitrogens is 1. The fourth-order valence-electron chi connectivity index (χ4n) is 2.97. The number of benzene rings is 1. The van der Waals surface area contributed by atoms with E-state index in [0.717, 1.165) is 10.8 Å². The molecule has 0 saturated carbocycles. The average molecular weight is 340 g/mol. The molecule has 1 aliphatic heterocycles. The van der Waals surface area contributed by atoms with Crippen molar-refractivity contribution in [2.45, 2.75) is 18.9 Å². The van der Waals surface area contributed by atoms with Gasteiger partial charge >= 0.3 is 5.91 Å². The van der Waals surface area contributed by atoms with E-state index in [4.69, 9.17) is 0 Å². The molecular weight excluding hydrogens is 324 g/mol. The zero-order valence-corrected chi connectivity index (χ0v) is 13.3. The highest BCUT2D eigenvalue weighted by Gasteiger charge is 2.34. The lowest BCUT2D eigenvalue weighted by Crippen LogP contribution is -2.45. The summed E-state index contributed by atoms with van der Waals surface area (Å²) < 4.78 is 0. The van der Waals surface area contributed by atoms with Crippen molar-refractivity contribution in [2.75, 3.05) is 13.1 Å². The van der Waals surface area contributed by atoms with Crippen LogP contribution in [0.3, 0.4) is 0 Å². The summed E-state index contributed by atoms with van der Waals surface area (Å²) in [7, 11) is 0. The third-order valence-electron chi connectivity index (χ3n) is 4.25. The van der Waals surface area contributed by atoms with Crippen LogP contribution in [0.15, 0.2) is 41.8 Å². The molecule has 0 spiro atoms. The molecule has 1 aromatic heterocycles. The van der Waals surface area contributed by atoms with Gasteiger partial charge in [-0.3, -0.25) is 19.4 Å². The van der Waals surface area contributed by atoms with Crippen molar-refractivity contribution in [1.29, 1.82) is 0 Å². The molecule has 1 aliphatic rings. The maximum atomic E-state index is 12.2. The number of carbonyl (C=O) groups is 3. The number of pyridine rings is 1. The van der Waals surface area contributed by atoms with Gasteiger partial charge < -0.3 is 10.2 Å². The second-order valence-corrected chi connectivity index (χ2v) is 5.79. The number of nitroso groups, excluding NO2 is 1. The minimum Gasteiger partial charge on any atom is -0.343 e. The molecule has 8 nitrogen and oxygen atoms in total. The van der Waals surface area contributed by atoms with E-state index < -0.39 is 23.8 Å². The van der Waals surface area contributed by atoms with Gasteiger partial charge in [-0.2, -0.15) is 0 Å². The summed E-state index contributed by atoms with van der Waals surface area (Å²) >= 11 is 0. The van der Waals surface area contributed by atoms with E-state index in [1.165, 1.54) is 4.90 Å². The lowest BCUT2D eigenvalue weighted by molar-refractivity contribution is -0.136. The highest BCUT2D eigenvalue weighted by molar-refractivity contribution is 6.00. The Morgan fingerprint density at radius 2 is 2.08 bits per heavy atom. The first kappa shape index (κ1) is 16.7. The molecule has 1 unspecified atom stereocenters. The summed E-state index contributed by atoms with van der Waals surface area (Å²) in [5.41, 5.74) is 0.414. The summed E-state index contributed by atoms with van der Waals surface area (Å²) in [5.74, 6) is -1.65. The number of rotatable bonds is 4. The van der Waals surface area contributed by atoms with E-state index in [-0.39, 0.29) is 6.54 Å². The van der Waals surface area contributed by atoms with Gasteiger partial charge in [0.1, 0.15) is 6.04 Å². The molecule has 1 atom stereocenters. The highest BCUT2D eigenvalue weighted by atomic mass is 16.3. The van der Waals surface area contributed by atoms with Gasteiger partial charge in [0.15, 0.2) is 0 Å². The Bertz CT molecular complexity index is 851. The molecule has 1 N–H and O–H groups in total. The molecule has 8 heteroatoms. The number of likely N-dealkylation sites (tertiary alicyclic amines) is 1. The molecule has 1 saturated heterocycles. The van der Waals surface area contributed by atoms with Gasteiger partial charge in [0.05, 0.1) is 6.54 Å².